The lowest BCUT2D eigenvalue weighted by atomic mass is 9.89. The molecule has 7 nitrogen and oxygen atoms in total. The van der Waals surface area contributed by atoms with Crippen LogP contribution < -0.4 is 0 Å². The van der Waals surface area contributed by atoms with Gasteiger partial charge in [-0.1, -0.05) is 109 Å². The van der Waals surface area contributed by atoms with Crippen LogP contribution >= 0.6 is 0 Å². The van der Waals surface area contributed by atoms with Crippen LogP contribution in [0.3, 0.4) is 0 Å². The van der Waals surface area contributed by atoms with Crippen molar-refractivity contribution in [3.8, 4) is 145 Å². The van der Waals surface area contributed by atoms with Gasteiger partial charge < -0.3 is 0 Å². The Labute approximate surface area is 488 Å². The van der Waals surface area contributed by atoms with E-state index in [9.17, 15) is 0 Å². The quantitative estimate of drug-likeness (QED) is 0.114. The van der Waals surface area contributed by atoms with E-state index in [4.69, 9.17) is 4.98 Å². The Bertz CT molecular complexity index is 4460. The Morgan fingerprint density at radius 2 is 0.393 bits per heavy atom. The summed E-state index contributed by atoms with van der Waals surface area (Å²) in [7, 11) is 0. The second kappa shape index (κ2) is 23.0. The van der Waals surface area contributed by atoms with E-state index in [1.165, 1.54) is 0 Å². The fourth-order valence-corrected chi connectivity index (χ4v) is 11.1. The summed E-state index contributed by atoms with van der Waals surface area (Å²) in [5, 5.41) is 0. The van der Waals surface area contributed by atoms with Gasteiger partial charge >= 0.3 is 0 Å². The van der Waals surface area contributed by atoms with E-state index in [0.29, 0.717) is 0 Å². The van der Waals surface area contributed by atoms with Crippen LogP contribution in [-0.4, -0.2) is 34.9 Å². The van der Waals surface area contributed by atoms with E-state index in [2.05, 4.69) is 224 Å². The van der Waals surface area contributed by atoms with Crippen molar-refractivity contribution in [2.45, 2.75) is 0 Å². The van der Waals surface area contributed by atoms with Gasteiger partial charge in [0.05, 0.1) is 5.69 Å². The molecule has 0 aliphatic rings. The van der Waals surface area contributed by atoms with Crippen molar-refractivity contribution in [1.29, 1.82) is 0 Å². The minimum Gasteiger partial charge on any atom is -0.264 e. The molecule has 0 N–H and O–H groups in total. The van der Waals surface area contributed by atoms with Crippen molar-refractivity contribution in [2.75, 3.05) is 0 Å². The Morgan fingerprint density at radius 3 is 0.690 bits per heavy atom. The highest BCUT2D eigenvalue weighted by molar-refractivity contribution is 5.91. The molecule has 0 saturated carbocycles. The summed E-state index contributed by atoms with van der Waals surface area (Å²) in [6.45, 7) is 0. The first-order valence-corrected chi connectivity index (χ1v) is 27.9. The molecule has 0 amide bonds. The Hall–Kier alpha value is -11.4. The predicted octanol–water partition coefficient (Wildman–Crippen LogP) is 19.1. The average Bonchev–Trinajstić information content (AvgIpc) is 3.46. The van der Waals surface area contributed by atoms with Crippen molar-refractivity contribution in [3.05, 3.63) is 311 Å². The topological polar surface area (TPSA) is 90.2 Å². The molecule has 0 aliphatic carbocycles. The third-order valence-electron chi connectivity index (χ3n) is 15.4. The summed E-state index contributed by atoms with van der Waals surface area (Å²) in [6, 6.07) is 82.2. The van der Waals surface area contributed by atoms with E-state index >= 15 is 0 Å². The minimum absolute atomic E-state index is 0.855. The number of nitrogens with zero attached hydrogens (tertiary/aromatic N) is 7. The maximum Gasteiger partial charge on any atom is 0.0708 e. The van der Waals surface area contributed by atoms with Crippen molar-refractivity contribution >= 4 is 0 Å². The van der Waals surface area contributed by atoms with Gasteiger partial charge in [0.1, 0.15) is 0 Å². The van der Waals surface area contributed by atoms with Gasteiger partial charge in [0.2, 0.25) is 0 Å². The van der Waals surface area contributed by atoms with Crippen molar-refractivity contribution in [2.24, 2.45) is 0 Å². The third kappa shape index (κ3) is 10.8. The lowest BCUT2D eigenvalue weighted by Crippen LogP contribution is -1.93. The van der Waals surface area contributed by atoms with Gasteiger partial charge in [-0.3, -0.25) is 34.9 Å². The maximum atomic E-state index is 5.26. The summed E-state index contributed by atoms with van der Waals surface area (Å²) >= 11 is 0. The zero-order valence-electron chi connectivity index (χ0n) is 45.6. The van der Waals surface area contributed by atoms with E-state index in [-0.39, 0.29) is 0 Å². The van der Waals surface area contributed by atoms with Gasteiger partial charge in [-0.05, 0) is 216 Å². The van der Waals surface area contributed by atoms with E-state index in [0.717, 1.165) is 145 Å². The van der Waals surface area contributed by atoms with Crippen LogP contribution in [0.2, 0.25) is 0 Å². The van der Waals surface area contributed by atoms with Crippen LogP contribution in [0, 0.1) is 0 Å². The largest absolute Gasteiger partial charge is 0.264 e. The number of pyridine rings is 7. The van der Waals surface area contributed by atoms with Crippen molar-refractivity contribution < 1.29 is 0 Å². The van der Waals surface area contributed by atoms with Gasteiger partial charge in [0, 0.05) is 125 Å². The molecule has 0 unspecified atom stereocenters. The summed E-state index contributed by atoms with van der Waals surface area (Å²) in [5.74, 6) is 0. The second-order valence-electron chi connectivity index (χ2n) is 20.8. The molecule has 394 valence electrons. The predicted molar refractivity (Wildman–Crippen MR) is 342 cm³/mol. The highest BCUT2D eigenvalue weighted by Crippen LogP contribution is 2.42. The van der Waals surface area contributed by atoms with Gasteiger partial charge in [0.25, 0.3) is 0 Å². The van der Waals surface area contributed by atoms with Crippen LogP contribution in [-0.2, 0) is 0 Å². The second-order valence-corrected chi connectivity index (χ2v) is 20.8. The SMILES string of the molecule is c1cncc(-c2cccc(-c3cc(-c4cccc(-c5cccnc5)c4)cc(-c4ccc(-c5ccc(-c6cc(-c7cccnc7)cc(-c7cccc(-c8cc(-c9cccnc9)cc(-c9cccnc9)c8)c7)c6)cn5)c(-c5cccnc5)c4)c3)c2)c1. The number of hydrogen-bond donors (Lipinski definition) is 0. The van der Waals surface area contributed by atoms with E-state index < -0.39 is 0 Å². The van der Waals surface area contributed by atoms with Crippen LogP contribution in [0.15, 0.2) is 311 Å². The smallest absolute Gasteiger partial charge is 0.0708 e. The molecular formula is C77H51N7. The number of hydrogen-bond acceptors (Lipinski definition) is 7. The van der Waals surface area contributed by atoms with Crippen LogP contribution in [0.25, 0.3) is 145 Å². The highest BCUT2D eigenvalue weighted by atomic mass is 14.7. The molecule has 7 heterocycles. The lowest BCUT2D eigenvalue weighted by molar-refractivity contribution is 1.31. The Kier molecular flexibility index (Phi) is 13.9. The summed E-state index contributed by atoms with van der Waals surface area (Å²) in [5.41, 5.74) is 27.6. The molecule has 0 atom stereocenters. The molecule has 7 aromatic heterocycles. The standard InChI is InChI=1S/C77H51N7/c1-10-52(59-16-4-26-78-45-59)32-54(12-1)66-35-67(55-13-2-11-53(33-55)60-17-5-27-79-46-60)37-70(36-66)58-22-24-75(76(44-58)65-21-9-31-83-50-65)77-25-23-64(51-84-77)74-41-69(40-73(43-74)63-20-8-30-82-49-63)57-15-3-14-56(34-57)68-38-71(61-18-6-28-80-47-61)42-72(39-68)62-19-7-29-81-48-62/h1-51H. The number of benzene rings is 7. The molecule has 0 spiro atoms. The Morgan fingerprint density at radius 1 is 0.155 bits per heavy atom. The molecule has 0 bridgehead atoms. The lowest BCUT2D eigenvalue weighted by Gasteiger charge is -2.16. The summed E-state index contributed by atoms with van der Waals surface area (Å²) in [4.78, 5) is 32.1. The molecule has 14 aromatic rings. The van der Waals surface area contributed by atoms with Crippen molar-refractivity contribution in [1.82, 2.24) is 34.9 Å². The molecule has 14 rings (SSSR count). The summed E-state index contributed by atoms with van der Waals surface area (Å²) < 4.78 is 0. The number of rotatable bonds is 13. The zero-order valence-corrected chi connectivity index (χ0v) is 45.6. The molecule has 84 heavy (non-hydrogen) atoms. The van der Waals surface area contributed by atoms with E-state index in [1.807, 2.05) is 117 Å². The van der Waals surface area contributed by atoms with Gasteiger partial charge in [-0.2, -0.15) is 0 Å². The van der Waals surface area contributed by atoms with Gasteiger partial charge in [-0.25, -0.2) is 0 Å². The molecule has 0 aliphatic heterocycles. The number of aromatic nitrogens is 7. The van der Waals surface area contributed by atoms with Crippen LogP contribution in [0.1, 0.15) is 0 Å². The maximum absolute atomic E-state index is 5.26. The Balaban J connectivity index is 0.845. The fraction of sp³-hybridized carbons (Fsp3) is 0. The first-order chi connectivity index (χ1) is 41.6. The molecule has 7 aromatic carbocycles. The monoisotopic (exact) mass is 1070 g/mol. The molecule has 0 saturated heterocycles. The zero-order chi connectivity index (χ0) is 56.0. The fourth-order valence-electron chi connectivity index (χ4n) is 11.1. The van der Waals surface area contributed by atoms with Crippen molar-refractivity contribution in [3.63, 3.8) is 0 Å². The summed E-state index contributed by atoms with van der Waals surface area (Å²) in [6.07, 6.45) is 24.4. The molecule has 0 radical (unpaired) electrons. The van der Waals surface area contributed by atoms with Crippen LogP contribution in [0.5, 0.6) is 0 Å². The normalized spacial score (nSPS) is 11.1. The molecular weight excluding hydrogens is 1020 g/mol. The third-order valence-corrected chi connectivity index (χ3v) is 15.4. The average molecular weight is 1070 g/mol. The molecule has 7 heteroatoms. The first-order valence-electron chi connectivity index (χ1n) is 27.9. The minimum atomic E-state index is 0.855. The van der Waals surface area contributed by atoms with Crippen LogP contribution in [0.4, 0.5) is 0 Å². The highest BCUT2D eigenvalue weighted by Gasteiger charge is 2.17. The molecule has 0 fully saturated rings. The van der Waals surface area contributed by atoms with E-state index in [1.54, 1.807) is 0 Å². The van der Waals surface area contributed by atoms with Gasteiger partial charge in [0.15, 0.2) is 0 Å². The first kappa shape index (κ1) is 50.8. The van der Waals surface area contributed by atoms with Gasteiger partial charge in [-0.15, -0.1) is 0 Å².